The summed E-state index contributed by atoms with van der Waals surface area (Å²) >= 11 is 0. The molecule has 0 spiro atoms. The van der Waals surface area contributed by atoms with Crippen LogP contribution < -0.4 is 5.32 Å². The van der Waals surface area contributed by atoms with Crippen LogP contribution in [0.1, 0.15) is 22.4 Å². The molecule has 2 fully saturated rings. The largest absolute Gasteiger partial charge is 0.448 e. The average molecular weight is 422 g/mol. The first kappa shape index (κ1) is 19.8. The summed E-state index contributed by atoms with van der Waals surface area (Å²) in [5.74, 6) is -0.114. The van der Waals surface area contributed by atoms with Gasteiger partial charge in [0.1, 0.15) is 6.61 Å². The zero-order valence-corrected chi connectivity index (χ0v) is 17.4. The molecule has 4 heterocycles. The molecule has 2 N–H and O–H groups in total. The maximum Gasteiger partial charge on any atom is 0.410 e. The first-order valence-electron chi connectivity index (χ1n) is 10.7. The van der Waals surface area contributed by atoms with Crippen molar-refractivity contribution in [3.8, 4) is 0 Å². The molecule has 0 atom stereocenters. The third-order valence-electron chi connectivity index (χ3n) is 5.97. The predicted molar refractivity (Wildman–Crippen MR) is 116 cm³/mol. The smallest absolute Gasteiger partial charge is 0.410 e. The van der Waals surface area contributed by atoms with E-state index < -0.39 is 0 Å². The Kier molecular flexibility index (Phi) is 5.48. The van der Waals surface area contributed by atoms with E-state index in [1.54, 1.807) is 4.90 Å². The van der Waals surface area contributed by atoms with Gasteiger partial charge in [-0.3, -0.25) is 9.69 Å². The summed E-state index contributed by atoms with van der Waals surface area (Å²) in [6.45, 7) is 6.07. The number of cyclic esters (lactones) is 1. The number of H-pyrrole nitrogens is 1. The fourth-order valence-electron chi connectivity index (χ4n) is 4.22. The second-order valence-corrected chi connectivity index (χ2v) is 8.10. The van der Waals surface area contributed by atoms with Crippen molar-refractivity contribution in [2.24, 2.45) is 0 Å². The summed E-state index contributed by atoms with van der Waals surface area (Å²) in [6.07, 6.45) is 4.57. The Labute approximate surface area is 180 Å². The average Bonchev–Trinajstić information content (AvgIpc) is 3.48. The van der Waals surface area contributed by atoms with E-state index in [1.165, 1.54) is 5.56 Å². The van der Waals surface area contributed by atoms with Crippen LogP contribution in [-0.4, -0.2) is 72.8 Å². The molecule has 2 aromatic rings. The summed E-state index contributed by atoms with van der Waals surface area (Å²) in [6, 6.07) is 7.91. The standard InChI is InChI=1S/C23H26N4O4/c28-22-20(13-18-11-16(14-24-18)3-4-26-5-8-30-9-6-26)19-12-17(1-2-21(19)25-22)15-27-7-10-31-23(27)29/h1-2,11-14,24H,3-10,15H2,(H,25,28). The van der Waals surface area contributed by atoms with Crippen LogP contribution in [0.5, 0.6) is 0 Å². The van der Waals surface area contributed by atoms with Crippen LogP contribution in [0.15, 0.2) is 30.5 Å². The summed E-state index contributed by atoms with van der Waals surface area (Å²) in [7, 11) is 0. The Morgan fingerprint density at radius 1 is 1.03 bits per heavy atom. The highest BCUT2D eigenvalue weighted by Gasteiger charge is 2.26. The number of benzene rings is 1. The molecule has 31 heavy (non-hydrogen) atoms. The van der Waals surface area contributed by atoms with Crippen molar-refractivity contribution in [2.45, 2.75) is 13.0 Å². The number of carbonyl (C=O) groups is 2. The molecule has 2 amide bonds. The lowest BCUT2D eigenvalue weighted by Crippen LogP contribution is -2.37. The molecule has 0 saturated carbocycles. The minimum absolute atomic E-state index is 0.114. The zero-order chi connectivity index (χ0) is 21.2. The van der Waals surface area contributed by atoms with Crippen LogP contribution in [0.4, 0.5) is 10.5 Å². The Bertz CT molecular complexity index is 1020. The molecule has 0 bridgehead atoms. The van der Waals surface area contributed by atoms with Crippen LogP contribution in [0.2, 0.25) is 0 Å². The first-order chi connectivity index (χ1) is 15.2. The van der Waals surface area contributed by atoms with Crippen molar-refractivity contribution in [3.63, 3.8) is 0 Å². The Hall–Kier alpha value is -3.10. The number of carbonyl (C=O) groups excluding carboxylic acids is 2. The summed E-state index contributed by atoms with van der Waals surface area (Å²) in [4.78, 5) is 31.7. The third-order valence-corrected chi connectivity index (χ3v) is 5.97. The molecule has 3 aliphatic heterocycles. The zero-order valence-electron chi connectivity index (χ0n) is 17.4. The van der Waals surface area contributed by atoms with Gasteiger partial charge in [0.2, 0.25) is 0 Å². The maximum absolute atomic E-state index is 12.6. The van der Waals surface area contributed by atoms with E-state index in [4.69, 9.17) is 9.47 Å². The number of amides is 2. The number of morpholine rings is 1. The van der Waals surface area contributed by atoms with Crippen molar-refractivity contribution in [3.05, 3.63) is 52.8 Å². The van der Waals surface area contributed by atoms with Crippen molar-refractivity contribution in [2.75, 3.05) is 51.3 Å². The highest BCUT2D eigenvalue weighted by molar-refractivity contribution is 6.34. The van der Waals surface area contributed by atoms with Gasteiger partial charge >= 0.3 is 6.09 Å². The van der Waals surface area contributed by atoms with Gasteiger partial charge in [-0.15, -0.1) is 0 Å². The van der Waals surface area contributed by atoms with Crippen LogP contribution in [-0.2, 0) is 27.2 Å². The Morgan fingerprint density at radius 2 is 1.90 bits per heavy atom. The number of nitrogens with zero attached hydrogens (tertiary/aromatic N) is 2. The summed E-state index contributed by atoms with van der Waals surface area (Å²) < 4.78 is 10.4. The number of hydrogen-bond acceptors (Lipinski definition) is 5. The molecular formula is C23H26N4O4. The fourth-order valence-corrected chi connectivity index (χ4v) is 4.22. The molecule has 2 saturated heterocycles. The van der Waals surface area contributed by atoms with Crippen LogP contribution in [0.3, 0.4) is 0 Å². The van der Waals surface area contributed by atoms with Gasteiger partial charge in [-0.2, -0.15) is 0 Å². The first-order valence-corrected chi connectivity index (χ1v) is 10.7. The third kappa shape index (κ3) is 4.35. The van der Waals surface area contributed by atoms with Crippen molar-refractivity contribution in [1.82, 2.24) is 14.8 Å². The summed E-state index contributed by atoms with van der Waals surface area (Å²) in [5.41, 5.74) is 5.38. The monoisotopic (exact) mass is 422 g/mol. The Morgan fingerprint density at radius 3 is 2.71 bits per heavy atom. The SMILES string of the molecule is O=C1Nc2ccc(CN3CCOC3=O)cc2C1=Cc1cc(CCN2CCOCC2)c[nH]1. The number of rotatable bonds is 6. The number of hydrogen-bond donors (Lipinski definition) is 2. The van der Waals surface area contributed by atoms with E-state index in [9.17, 15) is 9.59 Å². The molecule has 5 rings (SSSR count). The number of ether oxygens (including phenoxy) is 2. The minimum atomic E-state index is -0.290. The van der Waals surface area contributed by atoms with Gasteiger partial charge in [0, 0.05) is 49.3 Å². The van der Waals surface area contributed by atoms with Gasteiger partial charge < -0.3 is 24.7 Å². The lowest BCUT2D eigenvalue weighted by Gasteiger charge is -2.26. The van der Waals surface area contributed by atoms with Crippen LogP contribution in [0, 0.1) is 0 Å². The molecule has 0 unspecified atom stereocenters. The van der Waals surface area contributed by atoms with Gasteiger partial charge in [0.25, 0.3) is 5.91 Å². The predicted octanol–water partition coefficient (Wildman–Crippen LogP) is 2.33. The molecular weight excluding hydrogens is 396 g/mol. The molecule has 0 radical (unpaired) electrons. The van der Waals surface area contributed by atoms with E-state index in [-0.39, 0.29) is 12.0 Å². The van der Waals surface area contributed by atoms with Crippen molar-refractivity contribution in [1.29, 1.82) is 0 Å². The maximum atomic E-state index is 12.6. The lowest BCUT2D eigenvalue weighted by molar-refractivity contribution is -0.110. The van der Waals surface area contributed by atoms with E-state index >= 15 is 0 Å². The van der Waals surface area contributed by atoms with Gasteiger partial charge in [-0.05, 0) is 41.8 Å². The van der Waals surface area contributed by atoms with Crippen molar-refractivity contribution < 1.29 is 19.1 Å². The molecule has 8 heteroatoms. The van der Waals surface area contributed by atoms with Crippen molar-refractivity contribution >= 4 is 29.3 Å². The number of aromatic amines is 1. The van der Waals surface area contributed by atoms with Gasteiger partial charge in [-0.25, -0.2) is 4.79 Å². The molecule has 162 valence electrons. The second kappa shape index (κ2) is 8.56. The van der Waals surface area contributed by atoms with Gasteiger partial charge in [0.15, 0.2) is 0 Å². The molecule has 3 aliphatic rings. The number of nitrogens with one attached hydrogen (secondary N) is 2. The molecule has 0 aliphatic carbocycles. The summed E-state index contributed by atoms with van der Waals surface area (Å²) in [5, 5.41) is 2.93. The number of aromatic nitrogens is 1. The quantitative estimate of drug-likeness (QED) is 0.698. The van der Waals surface area contributed by atoms with Gasteiger partial charge in [0.05, 0.1) is 25.3 Å². The highest BCUT2D eigenvalue weighted by Crippen LogP contribution is 2.34. The number of anilines is 1. The number of fused-ring (bicyclic) bond motifs is 1. The van der Waals surface area contributed by atoms with E-state index in [1.807, 2.05) is 30.5 Å². The lowest BCUT2D eigenvalue weighted by atomic mass is 10.0. The minimum Gasteiger partial charge on any atom is -0.448 e. The topological polar surface area (TPSA) is 86.9 Å². The van der Waals surface area contributed by atoms with Crippen LogP contribution in [0.25, 0.3) is 11.6 Å². The molecule has 1 aromatic heterocycles. The van der Waals surface area contributed by atoms with E-state index in [0.717, 1.165) is 61.8 Å². The van der Waals surface area contributed by atoms with Gasteiger partial charge in [-0.1, -0.05) is 6.07 Å². The second-order valence-electron chi connectivity index (χ2n) is 8.10. The Balaban J connectivity index is 1.30. The highest BCUT2D eigenvalue weighted by atomic mass is 16.6. The fraction of sp³-hybridized carbons (Fsp3) is 0.391. The van der Waals surface area contributed by atoms with E-state index in [2.05, 4.69) is 21.3 Å². The molecule has 1 aromatic carbocycles. The normalized spacial score (nSPS) is 20.3. The molecule has 8 nitrogen and oxygen atoms in total. The van der Waals surface area contributed by atoms with Crippen LogP contribution >= 0.6 is 0 Å². The van der Waals surface area contributed by atoms with E-state index in [0.29, 0.717) is 25.3 Å².